The summed E-state index contributed by atoms with van der Waals surface area (Å²) in [6, 6.07) is 8.42. The smallest absolute Gasteiger partial charge is 0.257 e. The van der Waals surface area contributed by atoms with Gasteiger partial charge in [-0.05, 0) is 30.3 Å². The Labute approximate surface area is 115 Å². The van der Waals surface area contributed by atoms with Crippen LogP contribution in [0.2, 0.25) is 0 Å². The van der Waals surface area contributed by atoms with E-state index in [4.69, 9.17) is 16.2 Å². The van der Waals surface area contributed by atoms with Crippen LogP contribution in [0.3, 0.4) is 0 Å². The Morgan fingerprint density at radius 1 is 1.20 bits per heavy atom. The third kappa shape index (κ3) is 2.80. The number of hydrogen-bond acceptors (Lipinski definition) is 4. The molecule has 0 saturated heterocycles. The van der Waals surface area contributed by atoms with Crippen LogP contribution in [0.1, 0.15) is 10.4 Å². The predicted octanol–water partition coefficient (Wildman–Crippen LogP) is 2.25. The Morgan fingerprint density at radius 3 is 2.60 bits per heavy atom. The Kier molecular flexibility index (Phi) is 3.74. The fourth-order valence-electron chi connectivity index (χ4n) is 1.75. The molecule has 0 bridgehead atoms. The summed E-state index contributed by atoms with van der Waals surface area (Å²) >= 11 is 0. The Balaban J connectivity index is 2.28. The normalized spacial score (nSPS) is 10.1. The van der Waals surface area contributed by atoms with Crippen molar-refractivity contribution in [2.45, 2.75) is 0 Å². The van der Waals surface area contributed by atoms with Crippen molar-refractivity contribution in [3.05, 3.63) is 47.8 Å². The zero-order chi connectivity index (χ0) is 14.7. The van der Waals surface area contributed by atoms with Gasteiger partial charge in [-0.3, -0.25) is 4.79 Å². The van der Waals surface area contributed by atoms with Crippen LogP contribution in [0, 0.1) is 5.82 Å². The number of hydrogen-bond donors (Lipinski definition) is 3. The van der Waals surface area contributed by atoms with Gasteiger partial charge in [-0.2, -0.15) is 0 Å². The summed E-state index contributed by atoms with van der Waals surface area (Å²) < 4.78 is 18.1. The highest BCUT2D eigenvalue weighted by molar-refractivity contribution is 6.08. The number of carbonyl (C=O) groups is 1. The van der Waals surface area contributed by atoms with Gasteiger partial charge in [-0.15, -0.1) is 0 Å². The van der Waals surface area contributed by atoms with Crippen molar-refractivity contribution in [3.8, 4) is 5.75 Å². The second-order valence-electron chi connectivity index (χ2n) is 4.15. The number of nitrogens with two attached hydrogens (primary N) is 2. The number of nitrogen functional groups attached to an aromatic ring is 2. The molecule has 0 unspecified atom stereocenters. The Hall–Kier alpha value is -2.76. The molecule has 2 aromatic rings. The summed E-state index contributed by atoms with van der Waals surface area (Å²) in [5.74, 6) is -0.647. The van der Waals surface area contributed by atoms with E-state index in [9.17, 15) is 9.18 Å². The number of rotatable bonds is 3. The van der Waals surface area contributed by atoms with Gasteiger partial charge in [-0.25, -0.2) is 4.39 Å². The number of nitrogens with one attached hydrogen (secondary N) is 1. The van der Waals surface area contributed by atoms with E-state index in [1.54, 1.807) is 6.07 Å². The minimum atomic E-state index is -0.452. The lowest BCUT2D eigenvalue weighted by Gasteiger charge is -2.11. The molecule has 20 heavy (non-hydrogen) atoms. The molecule has 1 amide bonds. The number of halogens is 1. The molecule has 0 aliphatic heterocycles. The summed E-state index contributed by atoms with van der Waals surface area (Å²) in [6.07, 6.45) is 0. The maximum absolute atomic E-state index is 13.1. The minimum Gasteiger partial charge on any atom is -0.494 e. The molecular formula is C14H14FN3O2. The highest BCUT2D eigenvalue weighted by Gasteiger charge is 2.13. The van der Waals surface area contributed by atoms with Gasteiger partial charge < -0.3 is 21.5 Å². The monoisotopic (exact) mass is 275 g/mol. The van der Waals surface area contributed by atoms with Gasteiger partial charge >= 0.3 is 0 Å². The first-order valence-electron chi connectivity index (χ1n) is 5.81. The molecule has 0 radical (unpaired) electrons. The van der Waals surface area contributed by atoms with Gasteiger partial charge in [-0.1, -0.05) is 0 Å². The van der Waals surface area contributed by atoms with Crippen LogP contribution in [-0.4, -0.2) is 13.0 Å². The predicted molar refractivity (Wildman–Crippen MR) is 76.2 cm³/mol. The van der Waals surface area contributed by atoms with Crippen molar-refractivity contribution < 1.29 is 13.9 Å². The van der Waals surface area contributed by atoms with Crippen LogP contribution in [0.4, 0.5) is 21.5 Å². The average molecular weight is 275 g/mol. The Morgan fingerprint density at radius 2 is 1.95 bits per heavy atom. The standard InChI is InChI=1S/C14H14FN3O2/c1-20-13-6-8(15)2-5-12(13)18-14(19)10-4-3-9(16)7-11(10)17/h2-7H,16-17H2,1H3,(H,18,19). The zero-order valence-electron chi connectivity index (χ0n) is 10.8. The summed E-state index contributed by atoms with van der Waals surface area (Å²) in [5, 5.41) is 2.61. The van der Waals surface area contributed by atoms with Crippen molar-refractivity contribution in [1.29, 1.82) is 0 Å². The van der Waals surface area contributed by atoms with Gasteiger partial charge in [0.1, 0.15) is 11.6 Å². The molecule has 0 spiro atoms. The first-order chi connectivity index (χ1) is 9.51. The number of carbonyl (C=O) groups excluding carboxylic acids is 1. The molecule has 2 aromatic carbocycles. The molecule has 0 fully saturated rings. The van der Waals surface area contributed by atoms with Crippen LogP contribution < -0.4 is 21.5 Å². The fourth-order valence-corrected chi connectivity index (χ4v) is 1.75. The minimum absolute atomic E-state index is 0.229. The van der Waals surface area contributed by atoms with Gasteiger partial charge in [0.15, 0.2) is 0 Å². The molecular weight excluding hydrogens is 261 g/mol. The van der Waals surface area contributed by atoms with Crippen LogP contribution >= 0.6 is 0 Å². The third-order valence-electron chi connectivity index (χ3n) is 2.73. The van der Waals surface area contributed by atoms with Crippen LogP contribution in [0.15, 0.2) is 36.4 Å². The molecule has 104 valence electrons. The lowest BCUT2D eigenvalue weighted by Crippen LogP contribution is -2.15. The van der Waals surface area contributed by atoms with E-state index < -0.39 is 11.7 Å². The number of anilines is 3. The van der Waals surface area contributed by atoms with E-state index in [1.165, 1.54) is 37.4 Å². The van der Waals surface area contributed by atoms with E-state index in [0.29, 0.717) is 11.4 Å². The largest absolute Gasteiger partial charge is 0.494 e. The summed E-state index contributed by atoms with van der Waals surface area (Å²) in [7, 11) is 1.39. The van der Waals surface area contributed by atoms with E-state index in [-0.39, 0.29) is 17.0 Å². The summed E-state index contributed by atoms with van der Waals surface area (Å²) in [6.45, 7) is 0. The quantitative estimate of drug-likeness (QED) is 0.749. The SMILES string of the molecule is COc1cc(F)ccc1NC(=O)c1ccc(N)cc1N. The van der Waals surface area contributed by atoms with Gasteiger partial charge in [0.25, 0.3) is 5.91 Å². The first-order valence-corrected chi connectivity index (χ1v) is 5.81. The molecule has 6 heteroatoms. The first kappa shape index (κ1) is 13.7. The molecule has 0 atom stereocenters. The second kappa shape index (κ2) is 5.48. The number of benzene rings is 2. The van der Waals surface area contributed by atoms with Crippen molar-refractivity contribution >= 4 is 23.0 Å². The summed E-state index contributed by atoms with van der Waals surface area (Å²) in [5.41, 5.74) is 12.7. The van der Waals surface area contributed by atoms with Crippen molar-refractivity contribution in [2.75, 3.05) is 23.9 Å². The molecule has 5 N–H and O–H groups in total. The summed E-state index contributed by atoms with van der Waals surface area (Å²) in [4.78, 5) is 12.1. The highest BCUT2D eigenvalue weighted by atomic mass is 19.1. The van der Waals surface area contributed by atoms with E-state index in [1.807, 2.05) is 0 Å². The van der Waals surface area contributed by atoms with Crippen molar-refractivity contribution in [3.63, 3.8) is 0 Å². The van der Waals surface area contributed by atoms with Crippen molar-refractivity contribution in [2.24, 2.45) is 0 Å². The maximum Gasteiger partial charge on any atom is 0.257 e. The molecule has 0 aliphatic rings. The highest BCUT2D eigenvalue weighted by Crippen LogP contribution is 2.26. The lowest BCUT2D eigenvalue weighted by atomic mass is 10.1. The number of amides is 1. The van der Waals surface area contributed by atoms with Crippen LogP contribution in [0.5, 0.6) is 5.75 Å². The number of ether oxygens (including phenoxy) is 1. The molecule has 5 nitrogen and oxygen atoms in total. The molecule has 0 saturated carbocycles. The van der Waals surface area contributed by atoms with Gasteiger partial charge in [0, 0.05) is 17.4 Å². The maximum atomic E-state index is 13.1. The zero-order valence-corrected chi connectivity index (χ0v) is 10.8. The molecule has 0 aromatic heterocycles. The lowest BCUT2D eigenvalue weighted by molar-refractivity contribution is 0.102. The number of methoxy groups -OCH3 is 1. The van der Waals surface area contributed by atoms with Crippen LogP contribution in [-0.2, 0) is 0 Å². The average Bonchev–Trinajstić information content (AvgIpc) is 2.40. The fraction of sp³-hybridized carbons (Fsp3) is 0.0714. The molecule has 2 rings (SSSR count). The van der Waals surface area contributed by atoms with Gasteiger partial charge in [0.2, 0.25) is 0 Å². The van der Waals surface area contributed by atoms with E-state index in [0.717, 1.165) is 0 Å². The van der Waals surface area contributed by atoms with Crippen LogP contribution in [0.25, 0.3) is 0 Å². The molecule has 0 aliphatic carbocycles. The topological polar surface area (TPSA) is 90.4 Å². The third-order valence-corrected chi connectivity index (χ3v) is 2.73. The Bertz CT molecular complexity index is 659. The van der Waals surface area contributed by atoms with E-state index >= 15 is 0 Å². The van der Waals surface area contributed by atoms with Gasteiger partial charge in [0.05, 0.1) is 18.4 Å². The van der Waals surface area contributed by atoms with E-state index in [2.05, 4.69) is 5.32 Å². The second-order valence-corrected chi connectivity index (χ2v) is 4.15. The molecule has 0 heterocycles. The van der Waals surface area contributed by atoms with Crippen molar-refractivity contribution in [1.82, 2.24) is 0 Å².